The molecule has 0 saturated heterocycles. The van der Waals surface area contributed by atoms with Crippen molar-refractivity contribution >= 4 is 17.7 Å². The number of amides is 1. The predicted molar refractivity (Wildman–Crippen MR) is 93.3 cm³/mol. The largest absolute Gasteiger partial charge is 0.481 e. The van der Waals surface area contributed by atoms with Gasteiger partial charge < -0.3 is 15.7 Å². The van der Waals surface area contributed by atoms with Crippen molar-refractivity contribution in [1.29, 1.82) is 0 Å². The van der Waals surface area contributed by atoms with E-state index in [2.05, 4.69) is 20.8 Å². The lowest BCUT2D eigenvalue weighted by atomic mass is 9.69. The molecule has 1 aliphatic rings. The lowest BCUT2D eigenvalue weighted by Crippen LogP contribution is -2.43. The molecule has 1 saturated carbocycles. The van der Waals surface area contributed by atoms with E-state index >= 15 is 0 Å². The highest BCUT2D eigenvalue weighted by molar-refractivity contribution is 5.95. The van der Waals surface area contributed by atoms with Crippen LogP contribution in [0.5, 0.6) is 0 Å². The summed E-state index contributed by atoms with van der Waals surface area (Å²) >= 11 is 0. The van der Waals surface area contributed by atoms with Gasteiger partial charge in [-0.2, -0.15) is 0 Å². The number of aliphatic carboxylic acids is 1. The number of carboxylic acids is 1. The molecule has 1 heterocycles. The molecule has 7 nitrogen and oxygen atoms in total. The Balaban J connectivity index is 1.70. The Morgan fingerprint density at radius 1 is 1.20 bits per heavy atom. The third kappa shape index (κ3) is 3.45. The molecule has 3 rings (SSSR count). The van der Waals surface area contributed by atoms with Crippen LogP contribution >= 0.6 is 0 Å². The summed E-state index contributed by atoms with van der Waals surface area (Å²) in [5.41, 5.74) is 1.31. The van der Waals surface area contributed by atoms with E-state index in [9.17, 15) is 14.7 Å². The molecule has 1 amide bonds. The van der Waals surface area contributed by atoms with Crippen molar-refractivity contribution in [3.05, 3.63) is 42.0 Å². The molecule has 2 aromatic rings. The Hall–Kier alpha value is -2.96. The topological polar surface area (TPSA) is 104 Å². The van der Waals surface area contributed by atoms with Crippen LogP contribution in [-0.2, 0) is 4.79 Å². The number of carboxylic acid groups (broad SMARTS) is 1. The molecule has 1 aromatic heterocycles. The van der Waals surface area contributed by atoms with Crippen LogP contribution in [0.3, 0.4) is 0 Å². The Labute approximate surface area is 145 Å². The SMILES string of the molecule is CNC(=O)c1cccc(-c2ccc(NCC3(C(=O)O)CCC3)nn2)c1. The van der Waals surface area contributed by atoms with Crippen molar-refractivity contribution in [1.82, 2.24) is 15.5 Å². The van der Waals surface area contributed by atoms with E-state index in [1.807, 2.05) is 6.07 Å². The third-order valence-corrected chi connectivity index (χ3v) is 4.68. The minimum atomic E-state index is -0.762. The first-order chi connectivity index (χ1) is 12.0. The van der Waals surface area contributed by atoms with Gasteiger partial charge in [-0.3, -0.25) is 9.59 Å². The molecule has 1 fully saturated rings. The molecule has 0 unspecified atom stereocenters. The van der Waals surface area contributed by atoms with Gasteiger partial charge in [0.1, 0.15) is 5.82 Å². The van der Waals surface area contributed by atoms with Crippen molar-refractivity contribution < 1.29 is 14.7 Å². The van der Waals surface area contributed by atoms with Crippen molar-refractivity contribution in [2.45, 2.75) is 19.3 Å². The zero-order valence-electron chi connectivity index (χ0n) is 14.0. The first-order valence-electron chi connectivity index (χ1n) is 8.18. The maximum absolute atomic E-state index is 11.7. The molecular weight excluding hydrogens is 320 g/mol. The van der Waals surface area contributed by atoms with Gasteiger partial charge in [0, 0.05) is 24.7 Å². The summed E-state index contributed by atoms with van der Waals surface area (Å²) in [7, 11) is 1.58. The monoisotopic (exact) mass is 340 g/mol. The van der Waals surface area contributed by atoms with Gasteiger partial charge in [-0.15, -0.1) is 10.2 Å². The Morgan fingerprint density at radius 2 is 2.00 bits per heavy atom. The molecule has 3 N–H and O–H groups in total. The zero-order valence-corrected chi connectivity index (χ0v) is 14.0. The van der Waals surface area contributed by atoms with Gasteiger partial charge in [0.15, 0.2) is 0 Å². The number of hydrogen-bond acceptors (Lipinski definition) is 5. The number of nitrogens with one attached hydrogen (secondary N) is 2. The highest BCUT2D eigenvalue weighted by Gasteiger charge is 2.44. The standard InChI is InChI=1S/C18H20N4O3/c1-19-16(23)13-5-2-4-12(10-13)14-6-7-15(22-21-14)20-11-18(17(24)25)8-3-9-18/h2,4-7,10H,3,8-9,11H2,1H3,(H,19,23)(H,20,22)(H,24,25). The minimum absolute atomic E-state index is 0.160. The van der Waals surface area contributed by atoms with Crippen LogP contribution in [0.25, 0.3) is 11.3 Å². The van der Waals surface area contributed by atoms with E-state index in [0.29, 0.717) is 36.5 Å². The van der Waals surface area contributed by atoms with Crippen molar-refractivity contribution in [2.75, 3.05) is 18.9 Å². The number of aromatic nitrogens is 2. The van der Waals surface area contributed by atoms with Gasteiger partial charge in [-0.25, -0.2) is 0 Å². The summed E-state index contributed by atoms with van der Waals surface area (Å²) in [6.07, 6.45) is 2.32. The van der Waals surface area contributed by atoms with E-state index < -0.39 is 11.4 Å². The van der Waals surface area contributed by atoms with Crippen LogP contribution < -0.4 is 10.6 Å². The number of carbonyl (C=O) groups is 2. The van der Waals surface area contributed by atoms with E-state index in [-0.39, 0.29) is 5.91 Å². The second kappa shape index (κ2) is 6.88. The molecule has 0 bridgehead atoms. The quantitative estimate of drug-likeness (QED) is 0.744. The Bertz CT molecular complexity index is 785. The fourth-order valence-electron chi connectivity index (χ4n) is 2.87. The Kier molecular flexibility index (Phi) is 4.65. The average molecular weight is 340 g/mol. The van der Waals surface area contributed by atoms with E-state index in [4.69, 9.17) is 0 Å². The molecule has 1 aliphatic carbocycles. The van der Waals surface area contributed by atoms with E-state index in [1.165, 1.54) is 0 Å². The normalized spacial score (nSPS) is 15.1. The first kappa shape index (κ1) is 16.9. The summed E-state index contributed by atoms with van der Waals surface area (Å²) in [4.78, 5) is 23.1. The Morgan fingerprint density at radius 3 is 2.56 bits per heavy atom. The predicted octanol–water partition coefficient (Wildman–Crippen LogP) is 2.17. The molecule has 0 radical (unpaired) electrons. The van der Waals surface area contributed by atoms with Gasteiger partial charge in [0.2, 0.25) is 0 Å². The van der Waals surface area contributed by atoms with Crippen molar-refractivity contribution in [3.8, 4) is 11.3 Å². The van der Waals surface area contributed by atoms with Gasteiger partial charge in [-0.05, 0) is 37.1 Å². The zero-order chi connectivity index (χ0) is 17.9. The van der Waals surface area contributed by atoms with Crippen LogP contribution in [0.15, 0.2) is 36.4 Å². The maximum Gasteiger partial charge on any atom is 0.311 e. The summed E-state index contributed by atoms with van der Waals surface area (Å²) in [5.74, 6) is -0.381. The number of anilines is 1. The number of hydrogen-bond donors (Lipinski definition) is 3. The number of carbonyl (C=O) groups excluding carboxylic acids is 1. The van der Waals surface area contributed by atoms with Crippen LogP contribution in [0.4, 0.5) is 5.82 Å². The maximum atomic E-state index is 11.7. The second-order valence-electron chi connectivity index (χ2n) is 6.26. The molecule has 25 heavy (non-hydrogen) atoms. The fourth-order valence-corrected chi connectivity index (χ4v) is 2.87. The van der Waals surface area contributed by atoms with Crippen LogP contribution in [-0.4, -0.2) is 40.8 Å². The van der Waals surface area contributed by atoms with Crippen molar-refractivity contribution in [3.63, 3.8) is 0 Å². The van der Waals surface area contributed by atoms with Crippen LogP contribution in [0, 0.1) is 5.41 Å². The molecule has 0 atom stereocenters. The van der Waals surface area contributed by atoms with E-state index in [1.54, 1.807) is 37.4 Å². The van der Waals surface area contributed by atoms with Gasteiger partial charge in [-0.1, -0.05) is 18.6 Å². The van der Waals surface area contributed by atoms with Crippen LogP contribution in [0.2, 0.25) is 0 Å². The number of rotatable bonds is 6. The second-order valence-corrected chi connectivity index (χ2v) is 6.26. The van der Waals surface area contributed by atoms with Gasteiger partial charge in [0.05, 0.1) is 11.1 Å². The molecular formula is C18H20N4O3. The summed E-state index contributed by atoms with van der Waals surface area (Å²) < 4.78 is 0. The van der Waals surface area contributed by atoms with Crippen LogP contribution in [0.1, 0.15) is 29.6 Å². The molecule has 0 spiro atoms. The minimum Gasteiger partial charge on any atom is -0.481 e. The molecule has 0 aliphatic heterocycles. The molecule has 7 heteroatoms. The summed E-state index contributed by atoms with van der Waals surface area (Å²) in [5, 5.41) is 23.3. The van der Waals surface area contributed by atoms with E-state index in [0.717, 1.165) is 12.0 Å². The lowest BCUT2D eigenvalue weighted by molar-refractivity contribution is -0.153. The summed E-state index contributed by atoms with van der Waals surface area (Å²) in [6, 6.07) is 10.7. The lowest BCUT2D eigenvalue weighted by Gasteiger charge is -2.37. The van der Waals surface area contributed by atoms with Crippen molar-refractivity contribution in [2.24, 2.45) is 5.41 Å². The number of nitrogens with zero attached hydrogens (tertiary/aromatic N) is 2. The smallest absolute Gasteiger partial charge is 0.311 e. The average Bonchev–Trinajstić information content (AvgIpc) is 2.60. The van der Waals surface area contributed by atoms with Gasteiger partial charge >= 0.3 is 5.97 Å². The summed E-state index contributed by atoms with van der Waals surface area (Å²) in [6.45, 7) is 0.350. The third-order valence-electron chi connectivity index (χ3n) is 4.68. The van der Waals surface area contributed by atoms with Gasteiger partial charge in [0.25, 0.3) is 5.91 Å². The first-order valence-corrected chi connectivity index (χ1v) is 8.18. The highest BCUT2D eigenvalue weighted by Crippen LogP contribution is 2.41. The number of benzene rings is 1. The highest BCUT2D eigenvalue weighted by atomic mass is 16.4. The molecule has 1 aromatic carbocycles. The molecule has 130 valence electrons. The fraction of sp³-hybridized carbons (Fsp3) is 0.333.